The van der Waals surface area contributed by atoms with Crippen LogP contribution >= 0.6 is 69.1 Å². The molecule has 0 saturated heterocycles. The topological polar surface area (TPSA) is 144 Å². The summed E-state index contributed by atoms with van der Waals surface area (Å²) in [5.74, 6) is 0. The van der Waals surface area contributed by atoms with Gasteiger partial charge in [-0.1, -0.05) is 71.4 Å². The number of nitrogens with zero attached hydrogens (tertiary/aromatic N) is 4. The fraction of sp³-hybridized carbons (Fsp3) is 0.211. The molecule has 0 bridgehead atoms. The Labute approximate surface area is 351 Å². The molecule has 0 fully saturated rings. The Morgan fingerprint density at radius 3 is 1.41 bits per heavy atom. The Balaban J connectivity index is 0.904. The molecule has 2 aliphatic carbocycles. The van der Waals surface area contributed by atoms with Crippen molar-refractivity contribution in [3.63, 3.8) is 0 Å². The number of aromatic nitrogens is 4. The van der Waals surface area contributed by atoms with Gasteiger partial charge in [0.25, 0.3) is 0 Å². The molecule has 8 rings (SSSR count). The first-order chi connectivity index (χ1) is 26.7. The first-order valence-corrected chi connectivity index (χ1v) is 23.4. The molecule has 2 aliphatic rings. The van der Waals surface area contributed by atoms with Crippen LogP contribution in [-0.4, -0.2) is 45.5 Å². The number of thiophene rings is 2. The fourth-order valence-corrected chi connectivity index (χ4v) is 11.8. The number of halogens is 4. The highest BCUT2D eigenvalue weighted by Crippen LogP contribution is 2.47. The lowest BCUT2D eigenvalue weighted by Gasteiger charge is -2.08. The van der Waals surface area contributed by atoms with Gasteiger partial charge in [0.2, 0.25) is 0 Å². The van der Waals surface area contributed by atoms with Crippen molar-refractivity contribution in [1.82, 2.24) is 19.6 Å². The summed E-state index contributed by atoms with van der Waals surface area (Å²) in [6.07, 6.45) is 15.0. The molecule has 6 aromatic rings. The molecule has 0 saturated carbocycles. The first kappa shape index (κ1) is 39.5. The SMILES string of the molecule is O=S(=O)(O)c1cc2c(s1)Cc1c(/C=C/CCCCCC/C=C/c3nn(-c4ccc(Cl)cc4Cl)c4c3Cc3sc(S(=O)(=O)O)cc3-4)nn(-c3ccc(Cl)cc3Cl)c1-2. The van der Waals surface area contributed by atoms with Crippen LogP contribution in [0.3, 0.4) is 0 Å². The summed E-state index contributed by atoms with van der Waals surface area (Å²) in [5, 5.41) is 11.5. The Kier molecular flexibility index (Phi) is 10.9. The molecule has 18 heteroatoms. The molecule has 0 amide bonds. The van der Waals surface area contributed by atoms with Crippen molar-refractivity contribution in [2.75, 3.05) is 0 Å². The van der Waals surface area contributed by atoms with Crippen molar-refractivity contribution in [2.24, 2.45) is 0 Å². The van der Waals surface area contributed by atoms with Crippen molar-refractivity contribution in [3.05, 3.63) is 113 Å². The Hall–Kier alpha value is -3.28. The molecule has 56 heavy (non-hydrogen) atoms. The average Bonchev–Trinajstić information content (AvgIpc) is 3.94. The maximum absolute atomic E-state index is 11.9. The van der Waals surface area contributed by atoms with E-state index in [1.54, 1.807) is 45.8 Å². The highest BCUT2D eigenvalue weighted by molar-refractivity contribution is 7.88. The van der Waals surface area contributed by atoms with E-state index in [1.165, 1.54) is 12.1 Å². The van der Waals surface area contributed by atoms with Gasteiger partial charge in [-0.25, -0.2) is 9.36 Å². The molecular weight excluding hydrogens is 879 g/mol. The normalized spacial score (nSPS) is 13.6. The van der Waals surface area contributed by atoms with Gasteiger partial charge in [-0.15, -0.1) is 22.7 Å². The highest BCUT2D eigenvalue weighted by atomic mass is 35.5. The van der Waals surface area contributed by atoms with E-state index in [4.69, 9.17) is 56.6 Å². The summed E-state index contributed by atoms with van der Waals surface area (Å²) in [5.41, 5.74) is 7.61. The number of unbranched alkanes of at least 4 members (excludes halogenated alkanes) is 5. The maximum atomic E-state index is 11.9. The van der Waals surface area contributed by atoms with Crippen LogP contribution in [0.4, 0.5) is 0 Å². The monoisotopic (exact) mass is 906 g/mol. The second-order valence-electron chi connectivity index (χ2n) is 13.3. The van der Waals surface area contributed by atoms with Gasteiger partial charge < -0.3 is 0 Å². The Morgan fingerprint density at radius 2 is 1.04 bits per heavy atom. The van der Waals surface area contributed by atoms with Crippen molar-refractivity contribution in [1.29, 1.82) is 0 Å². The van der Waals surface area contributed by atoms with Gasteiger partial charge in [-0.3, -0.25) is 9.11 Å². The van der Waals surface area contributed by atoms with Gasteiger partial charge in [-0.05, 0) is 86.4 Å². The van der Waals surface area contributed by atoms with Gasteiger partial charge in [-0.2, -0.15) is 27.0 Å². The molecule has 0 aliphatic heterocycles. The highest BCUT2D eigenvalue weighted by Gasteiger charge is 2.34. The second kappa shape index (κ2) is 15.5. The van der Waals surface area contributed by atoms with Crippen molar-refractivity contribution in [3.8, 4) is 33.9 Å². The van der Waals surface area contributed by atoms with Gasteiger partial charge in [0.1, 0.15) is 8.42 Å². The first-order valence-electron chi connectivity index (χ1n) is 17.4. The maximum Gasteiger partial charge on any atom is 0.304 e. The van der Waals surface area contributed by atoms with Gasteiger partial charge in [0, 0.05) is 54.9 Å². The van der Waals surface area contributed by atoms with E-state index in [-0.39, 0.29) is 8.42 Å². The van der Waals surface area contributed by atoms with Crippen LogP contribution in [0.1, 0.15) is 70.8 Å². The van der Waals surface area contributed by atoms with Crippen molar-refractivity contribution in [2.45, 2.75) is 59.8 Å². The Bertz CT molecular complexity index is 2640. The molecule has 2 N–H and O–H groups in total. The van der Waals surface area contributed by atoms with Crippen molar-refractivity contribution >= 4 is 101 Å². The van der Waals surface area contributed by atoms with E-state index in [0.717, 1.165) is 105 Å². The third-order valence-electron chi connectivity index (χ3n) is 9.61. The zero-order chi connectivity index (χ0) is 39.5. The minimum Gasteiger partial charge on any atom is -0.281 e. The van der Waals surface area contributed by atoms with E-state index in [1.807, 2.05) is 12.2 Å². The van der Waals surface area contributed by atoms with Crippen LogP contribution in [0.25, 0.3) is 46.0 Å². The quantitative estimate of drug-likeness (QED) is 0.0859. The summed E-state index contributed by atoms with van der Waals surface area (Å²) in [6, 6.07) is 13.2. The third kappa shape index (κ3) is 7.69. The summed E-state index contributed by atoms with van der Waals surface area (Å²) < 4.78 is 70.1. The number of hydrogen-bond donors (Lipinski definition) is 2. The Morgan fingerprint density at radius 1 is 0.625 bits per heavy atom. The van der Waals surface area contributed by atoms with Crippen LogP contribution in [-0.2, 0) is 33.1 Å². The lowest BCUT2D eigenvalue weighted by Crippen LogP contribution is -2.00. The summed E-state index contributed by atoms with van der Waals surface area (Å²) >= 11 is 27.6. The number of benzene rings is 2. The number of rotatable bonds is 13. The average molecular weight is 909 g/mol. The smallest absolute Gasteiger partial charge is 0.281 e. The lowest BCUT2D eigenvalue weighted by atomic mass is 10.1. The summed E-state index contributed by atoms with van der Waals surface area (Å²) in [7, 11) is -8.68. The van der Waals surface area contributed by atoms with E-state index in [9.17, 15) is 25.9 Å². The third-order valence-corrected chi connectivity index (χ3v) is 15.6. The van der Waals surface area contributed by atoms with Crippen LogP contribution in [0.5, 0.6) is 0 Å². The van der Waals surface area contributed by atoms with Gasteiger partial charge in [0.05, 0.1) is 44.2 Å². The van der Waals surface area contributed by atoms with E-state index >= 15 is 0 Å². The molecule has 0 spiro atoms. The number of hydrogen-bond acceptors (Lipinski definition) is 8. The molecule has 4 heterocycles. The zero-order valence-electron chi connectivity index (χ0n) is 29.0. The molecule has 0 unspecified atom stereocenters. The van der Waals surface area contributed by atoms with Crippen LogP contribution in [0.2, 0.25) is 20.1 Å². The predicted molar refractivity (Wildman–Crippen MR) is 225 cm³/mol. The van der Waals surface area contributed by atoms with Crippen molar-refractivity contribution < 1.29 is 25.9 Å². The second-order valence-corrected chi connectivity index (χ2v) is 20.6. The van der Waals surface area contributed by atoms with E-state index in [0.29, 0.717) is 55.4 Å². The zero-order valence-corrected chi connectivity index (χ0v) is 35.3. The van der Waals surface area contributed by atoms with E-state index in [2.05, 4.69) is 12.2 Å². The molecule has 2 aromatic carbocycles. The van der Waals surface area contributed by atoms with Crippen LogP contribution < -0.4 is 0 Å². The van der Waals surface area contributed by atoms with Gasteiger partial charge in [0.15, 0.2) is 0 Å². The lowest BCUT2D eigenvalue weighted by molar-refractivity contribution is 0.483. The molecule has 0 radical (unpaired) electrons. The number of fused-ring (bicyclic) bond motifs is 6. The molecule has 0 atom stereocenters. The minimum absolute atomic E-state index is 0.106. The van der Waals surface area contributed by atoms with Gasteiger partial charge >= 0.3 is 20.2 Å². The fourth-order valence-electron chi connectivity index (χ4n) is 7.07. The van der Waals surface area contributed by atoms with Crippen LogP contribution in [0, 0.1) is 0 Å². The standard InChI is InChI=1S/C38H30Cl4N4O6S4/c39-21-11-13-31(27(41)15-21)45-37-23(17-33-25(37)19-35(53-33)55(47,48)49)29(43-45)9-7-5-3-1-2-4-6-8-10-30-24-18-34-26(20-36(54-34)56(50,51)52)38(24)46(44-30)32-14-12-22(40)16-28(32)42/h7-16,19-20H,1-6,17-18H2,(H,47,48,49)(H,50,51,52)/b9-7+,10-8+. The summed E-state index contributed by atoms with van der Waals surface area (Å²) in [4.78, 5) is 1.67. The molecule has 290 valence electrons. The molecule has 10 nitrogen and oxygen atoms in total. The van der Waals surface area contributed by atoms with E-state index < -0.39 is 20.2 Å². The molecule has 4 aromatic heterocycles. The molecular formula is C38H30Cl4N4O6S4. The van der Waals surface area contributed by atoms with Crippen LogP contribution in [0.15, 0.2) is 69.1 Å². The summed E-state index contributed by atoms with van der Waals surface area (Å²) in [6.45, 7) is 0. The minimum atomic E-state index is -4.34. The number of allylic oxidation sites excluding steroid dienone is 2. The predicted octanol–water partition coefficient (Wildman–Crippen LogP) is 11.5. The largest absolute Gasteiger partial charge is 0.304 e.